The van der Waals surface area contributed by atoms with Crippen LogP contribution in [0.2, 0.25) is 0 Å². The highest BCUT2D eigenvalue weighted by Crippen LogP contribution is 2.28. The Morgan fingerprint density at radius 1 is 1.35 bits per heavy atom. The van der Waals surface area contributed by atoms with Crippen LogP contribution in [0.15, 0.2) is 24.5 Å². The van der Waals surface area contributed by atoms with E-state index in [0.717, 1.165) is 37.4 Å². The number of hydrogen-bond acceptors (Lipinski definition) is 3. The second-order valence-corrected chi connectivity index (χ2v) is 6.80. The highest BCUT2D eigenvalue weighted by atomic mass is 15.2. The van der Waals surface area contributed by atoms with E-state index in [1.54, 1.807) is 0 Å². The highest BCUT2D eigenvalue weighted by molar-refractivity contribution is 5.41. The Bertz CT molecular complexity index is 614. The number of imidazole rings is 1. The number of aromatic nitrogens is 2. The first-order chi connectivity index (χ1) is 9.44. The van der Waals surface area contributed by atoms with E-state index in [1.165, 1.54) is 5.56 Å². The number of piperidine rings is 1. The normalized spacial score (nSPS) is 23.3. The molecule has 0 spiro atoms. The summed E-state index contributed by atoms with van der Waals surface area (Å²) in [6.07, 6.45) is 5.34. The molecule has 3 heterocycles. The van der Waals surface area contributed by atoms with E-state index in [2.05, 4.69) is 54.6 Å². The van der Waals surface area contributed by atoms with E-state index in [9.17, 15) is 0 Å². The number of rotatable bonds is 2. The molecule has 108 valence electrons. The lowest BCUT2D eigenvalue weighted by Gasteiger charge is -2.42. The minimum absolute atomic E-state index is 0.188. The van der Waals surface area contributed by atoms with Gasteiger partial charge in [0, 0.05) is 38.1 Å². The van der Waals surface area contributed by atoms with Crippen molar-refractivity contribution in [2.45, 2.75) is 39.8 Å². The lowest BCUT2D eigenvalue weighted by molar-refractivity contribution is 0.0890. The lowest BCUT2D eigenvalue weighted by Crippen LogP contribution is -2.52. The number of fused-ring (bicyclic) bond motifs is 1. The Morgan fingerprint density at radius 2 is 2.15 bits per heavy atom. The molecule has 4 heteroatoms. The predicted octanol–water partition coefficient (Wildman–Crippen LogP) is 2.20. The maximum Gasteiger partial charge on any atom is 0.137 e. The first-order valence-corrected chi connectivity index (χ1v) is 7.36. The molecule has 0 aliphatic carbocycles. The molecular formula is C16H24N4. The monoisotopic (exact) mass is 272 g/mol. The maximum atomic E-state index is 6.20. The standard InChI is InChI=1S/C16H24N4/c1-12-4-5-15-18-13(10-20(15)8-12)9-19-7-6-14(17)16(2,3)11-19/h4-5,8,10,14H,6-7,9,11,17H2,1-3H3. The van der Waals surface area contributed by atoms with Crippen LogP contribution in [0.25, 0.3) is 5.65 Å². The summed E-state index contributed by atoms with van der Waals surface area (Å²) < 4.78 is 2.12. The fraction of sp³-hybridized carbons (Fsp3) is 0.562. The van der Waals surface area contributed by atoms with Crippen molar-refractivity contribution < 1.29 is 0 Å². The highest BCUT2D eigenvalue weighted by Gasteiger charge is 2.33. The molecule has 0 amide bonds. The topological polar surface area (TPSA) is 46.6 Å². The van der Waals surface area contributed by atoms with Crippen LogP contribution in [-0.4, -0.2) is 33.4 Å². The summed E-state index contributed by atoms with van der Waals surface area (Å²) in [7, 11) is 0. The minimum Gasteiger partial charge on any atom is -0.327 e. The van der Waals surface area contributed by atoms with Crippen molar-refractivity contribution in [1.29, 1.82) is 0 Å². The summed E-state index contributed by atoms with van der Waals surface area (Å²) in [5.74, 6) is 0. The zero-order valence-electron chi connectivity index (χ0n) is 12.6. The number of pyridine rings is 1. The molecule has 2 N–H and O–H groups in total. The first kappa shape index (κ1) is 13.6. The van der Waals surface area contributed by atoms with Crippen LogP contribution in [-0.2, 0) is 6.54 Å². The predicted molar refractivity (Wildman–Crippen MR) is 81.6 cm³/mol. The number of likely N-dealkylation sites (tertiary alicyclic amines) is 1. The molecule has 4 nitrogen and oxygen atoms in total. The molecule has 0 radical (unpaired) electrons. The largest absolute Gasteiger partial charge is 0.327 e. The molecule has 2 aromatic heterocycles. The van der Waals surface area contributed by atoms with Crippen LogP contribution in [0.5, 0.6) is 0 Å². The van der Waals surface area contributed by atoms with Crippen molar-refractivity contribution in [3.05, 3.63) is 35.8 Å². The number of nitrogens with zero attached hydrogens (tertiary/aromatic N) is 3. The molecule has 1 atom stereocenters. The summed E-state index contributed by atoms with van der Waals surface area (Å²) in [6.45, 7) is 9.65. The van der Waals surface area contributed by atoms with E-state index in [1.807, 2.05) is 0 Å². The van der Waals surface area contributed by atoms with Crippen LogP contribution in [0.4, 0.5) is 0 Å². The Labute approximate surface area is 120 Å². The zero-order chi connectivity index (χ0) is 14.3. The second-order valence-electron chi connectivity index (χ2n) is 6.80. The summed E-state index contributed by atoms with van der Waals surface area (Å²) in [5, 5.41) is 0. The van der Waals surface area contributed by atoms with Gasteiger partial charge in [-0.15, -0.1) is 0 Å². The maximum absolute atomic E-state index is 6.20. The molecule has 0 bridgehead atoms. The van der Waals surface area contributed by atoms with Gasteiger partial charge in [-0.25, -0.2) is 4.98 Å². The summed E-state index contributed by atoms with van der Waals surface area (Å²) >= 11 is 0. The fourth-order valence-corrected chi connectivity index (χ4v) is 3.08. The van der Waals surface area contributed by atoms with Gasteiger partial charge in [-0.2, -0.15) is 0 Å². The molecule has 1 unspecified atom stereocenters. The Hall–Kier alpha value is -1.39. The second kappa shape index (κ2) is 4.86. The Kier molecular flexibility index (Phi) is 3.30. The molecule has 1 aliphatic heterocycles. The van der Waals surface area contributed by atoms with Gasteiger partial charge in [0.05, 0.1) is 5.69 Å². The average molecular weight is 272 g/mol. The molecule has 0 saturated carbocycles. The van der Waals surface area contributed by atoms with Crippen LogP contribution < -0.4 is 5.73 Å². The van der Waals surface area contributed by atoms with Crippen LogP contribution >= 0.6 is 0 Å². The van der Waals surface area contributed by atoms with Gasteiger partial charge in [0.15, 0.2) is 0 Å². The average Bonchev–Trinajstić information content (AvgIpc) is 2.75. The first-order valence-electron chi connectivity index (χ1n) is 7.36. The lowest BCUT2D eigenvalue weighted by atomic mass is 9.80. The van der Waals surface area contributed by atoms with Gasteiger partial charge in [-0.3, -0.25) is 4.90 Å². The molecule has 1 saturated heterocycles. The van der Waals surface area contributed by atoms with Gasteiger partial charge in [0.1, 0.15) is 5.65 Å². The van der Waals surface area contributed by atoms with Crippen molar-refractivity contribution in [2.24, 2.45) is 11.1 Å². The Balaban J connectivity index is 1.76. The summed E-state index contributed by atoms with van der Waals surface area (Å²) in [6, 6.07) is 4.49. The van der Waals surface area contributed by atoms with Crippen molar-refractivity contribution >= 4 is 5.65 Å². The zero-order valence-corrected chi connectivity index (χ0v) is 12.6. The van der Waals surface area contributed by atoms with E-state index >= 15 is 0 Å². The van der Waals surface area contributed by atoms with Crippen LogP contribution in [0, 0.1) is 12.3 Å². The van der Waals surface area contributed by atoms with Gasteiger partial charge >= 0.3 is 0 Å². The summed E-state index contributed by atoms with van der Waals surface area (Å²) in [4.78, 5) is 7.17. The summed E-state index contributed by atoms with van der Waals surface area (Å²) in [5.41, 5.74) is 9.81. The minimum atomic E-state index is 0.188. The van der Waals surface area contributed by atoms with Gasteiger partial charge < -0.3 is 10.1 Å². The van der Waals surface area contributed by atoms with Gasteiger partial charge in [-0.1, -0.05) is 19.9 Å². The van der Waals surface area contributed by atoms with E-state index < -0.39 is 0 Å². The molecule has 1 aliphatic rings. The molecule has 1 fully saturated rings. The molecular weight excluding hydrogens is 248 g/mol. The Morgan fingerprint density at radius 3 is 2.90 bits per heavy atom. The number of aryl methyl sites for hydroxylation is 1. The van der Waals surface area contributed by atoms with E-state index in [-0.39, 0.29) is 5.41 Å². The van der Waals surface area contributed by atoms with E-state index in [4.69, 9.17) is 10.7 Å². The molecule has 2 aromatic rings. The third kappa shape index (κ3) is 2.58. The van der Waals surface area contributed by atoms with Crippen LogP contribution in [0.1, 0.15) is 31.5 Å². The van der Waals surface area contributed by atoms with Crippen molar-refractivity contribution in [3.8, 4) is 0 Å². The smallest absolute Gasteiger partial charge is 0.137 e. The third-order valence-corrected chi connectivity index (χ3v) is 4.43. The molecule has 3 rings (SSSR count). The quantitative estimate of drug-likeness (QED) is 0.911. The van der Waals surface area contributed by atoms with Gasteiger partial charge in [0.25, 0.3) is 0 Å². The number of hydrogen-bond donors (Lipinski definition) is 1. The van der Waals surface area contributed by atoms with Gasteiger partial charge in [-0.05, 0) is 30.4 Å². The fourth-order valence-electron chi connectivity index (χ4n) is 3.08. The van der Waals surface area contributed by atoms with Crippen molar-refractivity contribution in [3.63, 3.8) is 0 Å². The van der Waals surface area contributed by atoms with E-state index in [0.29, 0.717) is 6.04 Å². The number of nitrogens with two attached hydrogens (primary N) is 1. The third-order valence-electron chi connectivity index (χ3n) is 4.43. The van der Waals surface area contributed by atoms with Crippen molar-refractivity contribution in [2.75, 3.05) is 13.1 Å². The molecule has 0 aromatic carbocycles. The van der Waals surface area contributed by atoms with Gasteiger partial charge in [0.2, 0.25) is 0 Å². The van der Waals surface area contributed by atoms with Crippen molar-refractivity contribution in [1.82, 2.24) is 14.3 Å². The molecule has 20 heavy (non-hydrogen) atoms. The SMILES string of the molecule is Cc1ccc2nc(CN3CCC(N)C(C)(C)C3)cn2c1. The van der Waals surface area contributed by atoms with Crippen LogP contribution in [0.3, 0.4) is 0 Å².